The van der Waals surface area contributed by atoms with Crippen LogP contribution in [0, 0.1) is 5.92 Å². The molecule has 0 aromatic heterocycles. The van der Waals surface area contributed by atoms with Crippen LogP contribution in [0.25, 0.3) is 0 Å². The van der Waals surface area contributed by atoms with Gasteiger partial charge in [-0.1, -0.05) is 26.0 Å². The van der Waals surface area contributed by atoms with E-state index in [9.17, 15) is 4.79 Å². The largest absolute Gasteiger partial charge is 0.493 e. The molecule has 1 heterocycles. The highest BCUT2D eigenvalue weighted by molar-refractivity contribution is 6.03. The molecule has 6 nitrogen and oxygen atoms in total. The number of carbonyl (C=O) groups is 1. The summed E-state index contributed by atoms with van der Waals surface area (Å²) in [6.45, 7) is 5.87. The van der Waals surface area contributed by atoms with E-state index in [1.807, 2.05) is 31.2 Å². The van der Waals surface area contributed by atoms with Crippen LogP contribution in [0.1, 0.15) is 50.7 Å². The number of anilines is 1. The fourth-order valence-electron chi connectivity index (χ4n) is 3.88. The Balaban J connectivity index is 1.76. The summed E-state index contributed by atoms with van der Waals surface area (Å²) in [7, 11) is 3.30. The summed E-state index contributed by atoms with van der Waals surface area (Å²) >= 11 is 0. The highest BCUT2D eigenvalue weighted by atomic mass is 16.5. The van der Waals surface area contributed by atoms with Gasteiger partial charge in [-0.15, -0.1) is 0 Å². The van der Waals surface area contributed by atoms with Crippen LogP contribution in [-0.4, -0.2) is 37.4 Å². The first-order chi connectivity index (χ1) is 15.1. The summed E-state index contributed by atoms with van der Waals surface area (Å²) in [6.07, 6.45) is 3.50. The number of nitrogens with zero attached hydrogens (tertiary/aromatic N) is 2. The first-order valence-electron chi connectivity index (χ1n) is 11.0. The summed E-state index contributed by atoms with van der Waals surface area (Å²) in [5, 5.41) is 10.1. The van der Waals surface area contributed by atoms with Crippen molar-refractivity contribution in [3.05, 3.63) is 53.6 Å². The van der Waals surface area contributed by atoms with E-state index in [-0.39, 0.29) is 5.91 Å². The zero-order valence-electron chi connectivity index (χ0n) is 19.0. The Bertz CT molecular complexity index is 909. The quantitative estimate of drug-likeness (QED) is 0.611. The van der Waals surface area contributed by atoms with E-state index in [2.05, 4.69) is 35.4 Å². The van der Waals surface area contributed by atoms with Crippen LogP contribution in [0.3, 0.4) is 0 Å². The molecule has 3 rings (SSSR count). The number of benzene rings is 2. The lowest BCUT2D eigenvalue weighted by molar-refractivity contribution is -0.116. The van der Waals surface area contributed by atoms with E-state index in [1.165, 1.54) is 5.56 Å². The molecule has 0 spiro atoms. The van der Waals surface area contributed by atoms with Crippen molar-refractivity contribution in [1.29, 1.82) is 0 Å². The molecule has 0 saturated carbocycles. The summed E-state index contributed by atoms with van der Waals surface area (Å²) in [4.78, 5) is 11.8. The lowest BCUT2D eigenvalue weighted by Crippen LogP contribution is -2.32. The number of amides is 1. The highest BCUT2D eigenvalue weighted by Gasteiger charge is 2.24. The molecule has 166 valence electrons. The molecular weight excluding hydrogens is 390 g/mol. The number of hydrazone groups is 1. The van der Waals surface area contributed by atoms with Crippen molar-refractivity contribution in [1.82, 2.24) is 5.01 Å². The van der Waals surface area contributed by atoms with E-state index in [0.29, 0.717) is 12.3 Å². The third-order valence-corrected chi connectivity index (χ3v) is 5.62. The van der Waals surface area contributed by atoms with Crippen LogP contribution in [-0.2, 0) is 11.3 Å². The molecule has 1 amide bonds. The van der Waals surface area contributed by atoms with E-state index in [4.69, 9.17) is 14.6 Å². The number of rotatable bonds is 9. The van der Waals surface area contributed by atoms with Gasteiger partial charge in [-0.2, -0.15) is 5.10 Å². The van der Waals surface area contributed by atoms with Crippen LogP contribution < -0.4 is 14.8 Å². The van der Waals surface area contributed by atoms with Gasteiger partial charge in [0.1, 0.15) is 0 Å². The maximum Gasteiger partial charge on any atom is 0.224 e. The molecule has 0 radical (unpaired) electrons. The predicted molar refractivity (Wildman–Crippen MR) is 125 cm³/mol. The molecule has 1 atom stereocenters. The Morgan fingerprint density at radius 1 is 1.10 bits per heavy atom. The smallest absolute Gasteiger partial charge is 0.224 e. The van der Waals surface area contributed by atoms with Crippen molar-refractivity contribution < 1.29 is 14.3 Å². The van der Waals surface area contributed by atoms with E-state index < -0.39 is 0 Å². The van der Waals surface area contributed by atoms with Crippen molar-refractivity contribution in [2.75, 3.05) is 26.1 Å². The maximum atomic E-state index is 11.8. The van der Waals surface area contributed by atoms with E-state index in [0.717, 1.165) is 60.8 Å². The van der Waals surface area contributed by atoms with E-state index in [1.54, 1.807) is 14.2 Å². The fourth-order valence-corrected chi connectivity index (χ4v) is 3.88. The average Bonchev–Trinajstić information content (AvgIpc) is 2.80. The van der Waals surface area contributed by atoms with Gasteiger partial charge in [0, 0.05) is 30.1 Å². The number of hydrogen-bond acceptors (Lipinski definition) is 5. The molecule has 6 heteroatoms. The Hall–Kier alpha value is -3.02. The Kier molecular flexibility index (Phi) is 7.93. The van der Waals surface area contributed by atoms with Gasteiger partial charge in [0.2, 0.25) is 5.91 Å². The van der Waals surface area contributed by atoms with E-state index >= 15 is 0 Å². The first-order valence-corrected chi connectivity index (χ1v) is 11.0. The number of methoxy groups -OCH3 is 2. The molecular formula is C25H33N3O3. The van der Waals surface area contributed by atoms with Crippen LogP contribution in [0.5, 0.6) is 11.5 Å². The number of carbonyl (C=O) groups excluding carboxylic acids is 1. The lowest BCUT2D eigenvalue weighted by atomic mass is 9.90. The Labute approximate surface area is 185 Å². The lowest BCUT2D eigenvalue weighted by Gasteiger charge is -2.31. The molecule has 0 aliphatic carbocycles. The van der Waals surface area contributed by atoms with Crippen molar-refractivity contribution >= 4 is 17.3 Å². The van der Waals surface area contributed by atoms with Gasteiger partial charge < -0.3 is 14.8 Å². The molecule has 2 aromatic rings. The molecule has 0 bridgehead atoms. The summed E-state index contributed by atoms with van der Waals surface area (Å²) in [5.74, 6) is 1.92. The molecule has 0 fully saturated rings. The van der Waals surface area contributed by atoms with Crippen molar-refractivity contribution in [2.45, 2.75) is 46.1 Å². The Morgan fingerprint density at radius 2 is 1.84 bits per heavy atom. The van der Waals surface area contributed by atoms with Gasteiger partial charge in [0.05, 0.1) is 26.5 Å². The van der Waals surface area contributed by atoms with Crippen molar-refractivity contribution in [2.24, 2.45) is 11.0 Å². The Morgan fingerprint density at radius 3 is 2.48 bits per heavy atom. The SMILES string of the molecule is CCCC(=O)Nc1ccc(CN2CCC(CC)C(c3ccc(OC)c(OC)c3)=N2)cc1. The summed E-state index contributed by atoms with van der Waals surface area (Å²) < 4.78 is 10.9. The minimum absolute atomic E-state index is 0.0565. The summed E-state index contributed by atoms with van der Waals surface area (Å²) in [6, 6.07) is 14.0. The third kappa shape index (κ3) is 5.78. The second-order valence-electron chi connectivity index (χ2n) is 7.83. The fraction of sp³-hybridized carbons (Fsp3) is 0.440. The van der Waals surface area contributed by atoms with Gasteiger partial charge in [-0.05, 0) is 55.2 Å². The minimum Gasteiger partial charge on any atom is -0.493 e. The van der Waals surface area contributed by atoms with Gasteiger partial charge in [0.25, 0.3) is 0 Å². The van der Waals surface area contributed by atoms with Gasteiger partial charge in [-0.3, -0.25) is 9.80 Å². The zero-order valence-corrected chi connectivity index (χ0v) is 19.0. The maximum absolute atomic E-state index is 11.8. The van der Waals surface area contributed by atoms with Crippen LogP contribution in [0.2, 0.25) is 0 Å². The topological polar surface area (TPSA) is 63.2 Å². The molecule has 31 heavy (non-hydrogen) atoms. The highest BCUT2D eigenvalue weighted by Crippen LogP contribution is 2.31. The van der Waals surface area contributed by atoms with Crippen LogP contribution in [0.15, 0.2) is 47.6 Å². The molecule has 1 unspecified atom stereocenters. The second-order valence-corrected chi connectivity index (χ2v) is 7.83. The monoisotopic (exact) mass is 423 g/mol. The zero-order chi connectivity index (χ0) is 22.2. The normalized spacial score (nSPS) is 15.9. The molecule has 1 aliphatic rings. The molecule has 1 aliphatic heterocycles. The minimum atomic E-state index is 0.0565. The first kappa shape index (κ1) is 22.7. The summed E-state index contributed by atoms with van der Waals surface area (Å²) in [5.41, 5.74) is 4.17. The molecule has 2 aromatic carbocycles. The van der Waals surface area contributed by atoms with Crippen LogP contribution >= 0.6 is 0 Å². The van der Waals surface area contributed by atoms with Crippen molar-refractivity contribution in [3.8, 4) is 11.5 Å². The van der Waals surface area contributed by atoms with Gasteiger partial charge in [-0.25, -0.2) is 0 Å². The van der Waals surface area contributed by atoms with Crippen LogP contribution in [0.4, 0.5) is 5.69 Å². The molecule has 0 saturated heterocycles. The number of ether oxygens (including phenoxy) is 2. The average molecular weight is 424 g/mol. The number of nitrogens with one attached hydrogen (secondary N) is 1. The third-order valence-electron chi connectivity index (χ3n) is 5.62. The standard InChI is InChI=1S/C25H33N3O3/c1-5-7-24(29)26-21-11-8-18(9-12-21)17-28-15-14-19(6-2)25(27-28)20-10-13-22(30-3)23(16-20)31-4/h8-13,16,19H,5-7,14-15,17H2,1-4H3,(H,26,29). The van der Waals surface area contributed by atoms with Crippen molar-refractivity contribution in [3.63, 3.8) is 0 Å². The second kappa shape index (κ2) is 10.8. The van der Waals surface area contributed by atoms with Gasteiger partial charge in [0.15, 0.2) is 11.5 Å². The molecule has 1 N–H and O–H groups in total. The number of hydrogen-bond donors (Lipinski definition) is 1. The van der Waals surface area contributed by atoms with Gasteiger partial charge >= 0.3 is 0 Å². The predicted octanol–water partition coefficient (Wildman–Crippen LogP) is 5.08.